The molecule has 1 N–H and O–H groups in total. The van der Waals surface area contributed by atoms with Crippen LogP contribution in [0.3, 0.4) is 0 Å². The zero-order valence-corrected chi connectivity index (χ0v) is 7.51. The largest absolute Gasteiger partial charge is 0.342 e. The molecule has 2 nitrogen and oxygen atoms in total. The van der Waals surface area contributed by atoms with Crippen molar-refractivity contribution in [1.29, 1.82) is 0 Å². The Morgan fingerprint density at radius 3 is 2.71 bits per heavy atom. The van der Waals surface area contributed by atoms with Gasteiger partial charge in [0.2, 0.25) is 0 Å². The lowest BCUT2D eigenvalue weighted by Gasteiger charge is -1.98. The summed E-state index contributed by atoms with van der Waals surface area (Å²) in [6.45, 7) is 1.80. The van der Waals surface area contributed by atoms with E-state index in [2.05, 4.69) is 9.97 Å². The third kappa shape index (κ3) is 1.51. The summed E-state index contributed by atoms with van der Waals surface area (Å²) in [5.74, 6) is -0.615. The topological polar surface area (TPSA) is 28.7 Å². The maximum atomic E-state index is 13.2. The number of aryl methyl sites for hydroxylation is 1. The highest BCUT2D eigenvalue weighted by Crippen LogP contribution is 2.20. The second-order valence-electron chi connectivity index (χ2n) is 3.04. The van der Waals surface area contributed by atoms with Gasteiger partial charge in [-0.25, -0.2) is 13.8 Å². The molecule has 0 aliphatic heterocycles. The zero-order valence-electron chi connectivity index (χ0n) is 7.51. The van der Waals surface area contributed by atoms with E-state index in [-0.39, 0.29) is 5.56 Å². The van der Waals surface area contributed by atoms with E-state index in [4.69, 9.17) is 0 Å². The van der Waals surface area contributed by atoms with Crippen LogP contribution in [0.15, 0.2) is 24.4 Å². The predicted molar refractivity (Wildman–Crippen MR) is 48.7 cm³/mol. The van der Waals surface area contributed by atoms with E-state index >= 15 is 0 Å². The minimum Gasteiger partial charge on any atom is -0.342 e. The van der Waals surface area contributed by atoms with Crippen LogP contribution in [0.1, 0.15) is 5.69 Å². The summed E-state index contributed by atoms with van der Waals surface area (Å²) >= 11 is 0. The lowest BCUT2D eigenvalue weighted by molar-refractivity contribution is 0.602. The number of aromatic nitrogens is 2. The number of aromatic amines is 1. The minimum absolute atomic E-state index is 0.151. The molecule has 0 aliphatic rings. The van der Waals surface area contributed by atoms with Gasteiger partial charge in [-0.1, -0.05) is 0 Å². The summed E-state index contributed by atoms with van der Waals surface area (Å²) in [7, 11) is 0. The van der Waals surface area contributed by atoms with Crippen LogP contribution in [-0.4, -0.2) is 9.97 Å². The first-order valence-corrected chi connectivity index (χ1v) is 4.14. The fourth-order valence-corrected chi connectivity index (χ4v) is 1.23. The van der Waals surface area contributed by atoms with Gasteiger partial charge in [-0.2, -0.15) is 0 Å². The third-order valence-electron chi connectivity index (χ3n) is 1.89. The molecule has 2 rings (SSSR count). The number of nitrogens with zero attached hydrogens (tertiary/aromatic N) is 1. The number of halogens is 2. The van der Waals surface area contributed by atoms with Crippen molar-refractivity contribution in [3.8, 4) is 11.4 Å². The average Bonchev–Trinajstić information content (AvgIpc) is 2.56. The van der Waals surface area contributed by atoms with E-state index < -0.39 is 11.6 Å². The summed E-state index contributed by atoms with van der Waals surface area (Å²) in [4.78, 5) is 6.77. The van der Waals surface area contributed by atoms with E-state index in [0.29, 0.717) is 5.82 Å². The Bertz CT molecular complexity index is 463. The molecule has 14 heavy (non-hydrogen) atoms. The van der Waals surface area contributed by atoms with Crippen LogP contribution in [0, 0.1) is 18.6 Å². The third-order valence-corrected chi connectivity index (χ3v) is 1.89. The van der Waals surface area contributed by atoms with Gasteiger partial charge in [0.05, 0.1) is 5.56 Å². The molecule has 0 fully saturated rings. The molecule has 0 amide bonds. The molecule has 72 valence electrons. The van der Waals surface area contributed by atoms with Gasteiger partial charge < -0.3 is 4.98 Å². The Balaban J connectivity index is 2.55. The molecule has 0 aliphatic carbocycles. The Morgan fingerprint density at radius 2 is 2.07 bits per heavy atom. The molecule has 1 aromatic heterocycles. The van der Waals surface area contributed by atoms with E-state index in [1.807, 2.05) is 0 Å². The van der Waals surface area contributed by atoms with Crippen molar-refractivity contribution >= 4 is 0 Å². The van der Waals surface area contributed by atoms with Gasteiger partial charge in [0, 0.05) is 11.9 Å². The Labute approximate surface area is 79.6 Å². The van der Waals surface area contributed by atoms with Gasteiger partial charge in [0.1, 0.15) is 17.5 Å². The standard InChI is InChI=1S/C10H8F2N2/c1-6-5-13-10(14-6)8-4-7(11)2-3-9(8)12/h2-5H,1H3,(H,13,14). The van der Waals surface area contributed by atoms with Gasteiger partial charge in [0.15, 0.2) is 0 Å². The zero-order chi connectivity index (χ0) is 10.1. The minimum atomic E-state index is -0.485. The SMILES string of the molecule is Cc1cnc(-c2cc(F)ccc2F)[nH]1. The Kier molecular flexibility index (Phi) is 2.04. The predicted octanol–water partition coefficient (Wildman–Crippen LogP) is 2.66. The van der Waals surface area contributed by atoms with Gasteiger partial charge in [0.25, 0.3) is 0 Å². The molecule has 4 heteroatoms. The molecular formula is C10H8F2N2. The monoisotopic (exact) mass is 194 g/mol. The van der Waals surface area contributed by atoms with Crippen LogP contribution in [-0.2, 0) is 0 Å². The summed E-state index contributed by atoms with van der Waals surface area (Å²) in [6.07, 6.45) is 1.57. The van der Waals surface area contributed by atoms with Gasteiger partial charge in [-0.05, 0) is 25.1 Å². The Hall–Kier alpha value is -1.71. The maximum absolute atomic E-state index is 13.2. The van der Waals surface area contributed by atoms with Crippen molar-refractivity contribution in [2.45, 2.75) is 6.92 Å². The van der Waals surface area contributed by atoms with Gasteiger partial charge in [-0.15, -0.1) is 0 Å². The van der Waals surface area contributed by atoms with Crippen molar-refractivity contribution in [2.75, 3.05) is 0 Å². The number of imidazole rings is 1. The van der Waals surface area contributed by atoms with Crippen LogP contribution >= 0.6 is 0 Å². The van der Waals surface area contributed by atoms with E-state index in [0.717, 1.165) is 23.9 Å². The molecule has 0 saturated carbocycles. The normalized spacial score (nSPS) is 10.5. The van der Waals surface area contributed by atoms with Gasteiger partial charge >= 0.3 is 0 Å². The van der Waals surface area contributed by atoms with Crippen molar-refractivity contribution < 1.29 is 8.78 Å². The lowest BCUT2D eigenvalue weighted by atomic mass is 10.2. The van der Waals surface area contributed by atoms with Crippen LogP contribution in [0.2, 0.25) is 0 Å². The molecule has 0 bridgehead atoms. The van der Waals surface area contributed by atoms with Crippen molar-refractivity contribution in [1.82, 2.24) is 9.97 Å². The molecule has 0 spiro atoms. The van der Waals surface area contributed by atoms with Crippen LogP contribution in [0.4, 0.5) is 8.78 Å². The first-order chi connectivity index (χ1) is 6.66. The van der Waals surface area contributed by atoms with Crippen LogP contribution < -0.4 is 0 Å². The molecular weight excluding hydrogens is 186 g/mol. The highest BCUT2D eigenvalue weighted by atomic mass is 19.1. The highest BCUT2D eigenvalue weighted by Gasteiger charge is 2.08. The van der Waals surface area contributed by atoms with Crippen molar-refractivity contribution in [2.24, 2.45) is 0 Å². The number of benzene rings is 1. The number of rotatable bonds is 1. The smallest absolute Gasteiger partial charge is 0.140 e. The van der Waals surface area contributed by atoms with E-state index in [1.54, 1.807) is 13.1 Å². The average molecular weight is 194 g/mol. The molecule has 0 saturated heterocycles. The fourth-order valence-electron chi connectivity index (χ4n) is 1.23. The van der Waals surface area contributed by atoms with Crippen molar-refractivity contribution in [3.63, 3.8) is 0 Å². The fraction of sp³-hybridized carbons (Fsp3) is 0.100. The van der Waals surface area contributed by atoms with Crippen LogP contribution in [0.5, 0.6) is 0 Å². The van der Waals surface area contributed by atoms with Gasteiger partial charge in [-0.3, -0.25) is 0 Å². The molecule has 0 unspecified atom stereocenters. The maximum Gasteiger partial charge on any atom is 0.140 e. The number of nitrogens with one attached hydrogen (secondary N) is 1. The second-order valence-corrected chi connectivity index (χ2v) is 3.04. The summed E-state index contributed by atoms with van der Waals surface area (Å²) in [5, 5.41) is 0. The first kappa shape index (κ1) is 8.87. The van der Waals surface area contributed by atoms with Crippen LogP contribution in [0.25, 0.3) is 11.4 Å². The molecule has 1 aromatic carbocycles. The first-order valence-electron chi connectivity index (χ1n) is 4.14. The quantitative estimate of drug-likeness (QED) is 0.742. The number of H-pyrrole nitrogens is 1. The second kappa shape index (κ2) is 3.21. The lowest BCUT2D eigenvalue weighted by Crippen LogP contribution is -1.88. The van der Waals surface area contributed by atoms with Crippen molar-refractivity contribution in [3.05, 3.63) is 41.7 Å². The Morgan fingerprint density at radius 1 is 1.29 bits per heavy atom. The summed E-state index contributed by atoms with van der Waals surface area (Å²) < 4.78 is 26.1. The number of hydrogen-bond donors (Lipinski definition) is 1. The molecule has 0 atom stereocenters. The molecule has 0 radical (unpaired) electrons. The van der Waals surface area contributed by atoms with E-state index in [1.165, 1.54) is 0 Å². The number of hydrogen-bond acceptors (Lipinski definition) is 1. The summed E-state index contributed by atoms with van der Waals surface area (Å²) in [5.41, 5.74) is 0.960. The highest BCUT2D eigenvalue weighted by molar-refractivity contribution is 5.56. The molecule has 2 aromatic rings. The van der Waals surface area contributed by atoms with E-state index in [9.17, 15) is 8.78 Å². The summed E-state index contributed by atoms with van der Waals surface area (Å²) in [6, 6.07) is 3.28. The molecule has 1 heterocycles.